The van der Waals surface area contributed by atoms with Crippen LogP contribution in [-0.2, 0) is 5.54 Å². The zero-order valence-electron chi connectivity index (χ0n) is 20.0. The lowest BCUT2D eigenvalue weighted by Gasteiger charge is -2.32. The van der Waals surface area contributed by atoms with E-state index in [9.17, 15) is 4.79 Å². The van der Waals surface area contributed by atoms with E-state index in [1.807, 2.05) is 48.5 Å². The summed E-state index contributed by atoms with van der Waals surface area (Å²) in [5.74, 6) is 1.78. The molecule has 0 fully saturated rings. The van der Waals surface area contributed by atoms with Crippen molar-refractivity contribution in [3.63, 3.8) is 0 Å². The second-order valence-corrected chi connectivity index (χ2v) is 9.56. The van der Waals surface area contributed by atoms with E-state index in [0.717, 1.165) is 22.5 Å². The molecule has 6 nitrogen and oxygen atoms in total. The number of pyridine rings is 1. The van der Waals surface area contributed by atoms with E-state index >= 15 is 0 Å². The third kappa shape index (κ3) is 4.05. The first-order valence-electron chi connectivity index (χ1n) is 11.3. The summed E-state index contributed by atoms with van der Waals surface area (Å²) in [6.45, 7) is 4.32. The van der Waals surface area contributed by atoms with Gasteiger partial charge in [0.15, 0.2) is 0 Å². The van der Waals surface area contributed by atoms with E-state index in [2.05, 4.69) is 37.8 Å². The number of aromatic nitrogens is 3. The van der Waals surface area contributed by atoms with Gasteiger partial charge in [0, 0.05) is 28.4 Å². The number of hydrogen-bond acceptors (Lipinski definition) is 5. The van der Waals surface area contributed by atoms with Crippen LogP contribution in [0.15, 0.2) is 88.4 Å². The van der Waals surface area contributed by atoms with Gasteiger partial charge >= 0.3 is 0 Å². The summed E-state index contributed by atoms with van der Waals surface area (Å²) in [7, 11) is 4.10. The van der Waals surface area contributed by atoms with Crippen LogP contribution >= 0.6 is 11.6 Å². The molecule has 3 heterocycles. The van der Waals surface area contributed by atoms with Crippen LogP contribution in [0, 0.1) is 0 Å². The molecule has 0 saturated heterocycles. The molecule has 2 aromatic carbocycles. The molecule has 0 spiro atoms. The Morgan fingerprint density at radius 3 is 2.34 bits per heavy atom. The Morgan fingerprint density at radius 1 is 0.943 bits per heavy atom. The Labute approximate surface area is 208 Å². The van der Waals surface area contributed by atoms with Crippen molar-refractivity contribution < 1.29 is 4.42 Å². The normalized spacial score (nSPS) is 11.9. The van der Waals surface area contributed by atoms with Crippen LogP contribution in [-0.4, -0.2) is 33.5 Å². The molecular weight excluding hydrogens is 460 g/mol. The predicted octanol–water partition coefficient (Wildman–Crippen LogP) is 6.16. The van der Waals surface area contributed by atoms with Crippen LogP contribution in [0.3, 0.4) is 0 Å². The van der Waals surface area contributed by atoms with Crippen molar-refractivity contribution in [1.82, 2.24) is 19.4 Å². The molecule has 0 unspecified atom stereocenters. The van der Waals surface area contributed by atoms with Gasteiger partial charge in [-0.1, -0.05) is 48.0 Å². The second-order valence-electron chi connectivity index (χ2n) is 9.12. The summed E-state index contributed by atoms with van der Waals surface area (Å²) < 4.78 is 7.42. The number of nitrogens with zero attached hydrogens (tertiary/aromatic N) is 4. The molecule has 176 valence electrons. The van der Waals surface area contributed by atoms with Crippen molar-refractivity contribution in [3.05, 3.63) is 100 Å². The third-order valence-electron chi connectivity index (χ3n) is 6.56. The fourth-order valence-corrected chi connectivity index (χ4v) is 4.18. The molecule has 0 radical (unpaired) electrons. The van der Waals surface area contributed by atoms with Crippen LogP contribution in [0.25, 0.3) is 39.4 Å². The summed E-state index contributed by atoms with van der Waals surface area (Å²) in [5, 5.41) is 1.02. The van der Waals surface area contributed by atoms with Crippen molar-refractivity contribution in [2.45, 2.75) is 19.4 Å². The minimum Gasteiger partial charge on any atom is -0.464 e. The Bertz CT molecular complexity index is 1570. The monoisotopic (exact) mass is 484 g/mol. The molecule has 0 aliphatic heterocycles. The van der Waals surface area contributed by atoms with E-state index in [4.69, 9.17) is 21.0 Å². The summed E-state index contributed by atoms with van der Waals surface area (Å²) in [6.07, 6.45) is 3.24. The first kappa shape index (κ1) is 23.0. The van der Waals surface area contributed by atoms with E-state index in [1.54, 1.807) is 24.5 Å². The highest BCUT2D eigenvalue weighted by Gasteiger charge is 2.28. The minimum atomic E-state index is -0.207. The van der Waals surface area contributed by atoms with Gasteiger partial charge in [-0.2, -0.15) is 0 Å². The van der Waals surface area contributed by atoms with Crippen molar-refractivity contribution in [2.75, 3.05) is 14.1 Å². The Hall–Kier alpha value is -3.74. The smallest absolute Gasteiger partial charge is 0.267 e. The minimum absolute atomic E-state index is 0.189. The molecule has 3 aromatic heterocycles. The van der Waals surface area contributed by atoms with Crippen LogP contribution in [0.1, 0.15) is 19.4 Å². The maximum atomic E-state index is 13.5. The number of hydrogen-bond donors (Lipinski definition) is 0. The highest BCUT2D eigenvalue weighted by Crippen LogP contribution is 2.36. The average molecular weight is 485 g/mol. The van der Waals surface area contributed by atoms with Crippen LogP contribution < -0.4 is 5.56 Å². The molecule has 0 bridgehead atoms. The van der Waals surface area contributed by atoms with E-state index < -0.39 is 0 Å². The number of fused-ring (bicyclic) bond motifs is 1. The topological polar surface area (TPSA) is 64.2 Å². The van der Waals surface area contributed by atoms with Gasteiger partial charge in [0.05, 0.1) is 22.2 Å². The van der Waals surface area contributed by atoms with Gasteiger partial charge in [0.2, 0.25) is 0 Å². The van der Waals surface area contributed by atoms with Crippen molar-refractivity contribution in [1.29, 1.82) is 0 Å². The third-order valence-corrected chi connectivity index (χ3v) is 6.79. The second kappa shape index (κ2) is 8.80. The molecular formula is C28H25ClN4O2. The van der Waals surface area contributed by atoms with Crippen molar-refractivity contribution >= 4 is 22.5 Å². The molecule has 5 aromatic rings. The van der Waals surface area contributed by atoms with Crippen molar-refractivity contribution in [3.8, 4) is 28.5 Å². The Kier molecular flexibility index (Phi) is 5.79. The van der Waals surface area contributed by atoms with Gasteiger partial charge in [-0.15, -0.1) is 0 Å². The number of furan rings is 1. The molecule has 0 saturated carbocycles. The molecule has 0 aliphatic carbocycles. The quantitative estimate of drug-likeness (QED) is 0.299. The maximum absolute atomic E-state index is 13.5. The fourth-order valence-electron chi connectivity index (χ4n) is 4.07. The zero-order chi connectivity index (χ0) is 24.7. The van der Waals surface area contributed by atoms with Crippen molar-refractivity contribution in [2.24, 2.45) is 0 Å². The van der Waals surface area contributed by atoms with E-state index in [-0.39, 0.29) is 11.1 Å². The standard InChI is InChI=1S/C28H25ClN4O2/c1-28(2,32(3)4)22-15-16-35-25(22)18-9-11-19(12-10-18)26-31-23-8-6-5-7-21(23)27(34)33(26)24-14-13-20(29)17-30-24/h5-17H,1-4H3. The largest absolute Gasteiger partial charge is 0.464 e. The van der Waals surface area contributed by atoms with E-state index in [0.29, 0.717) is 27.6 Å². The van der Waals surface area contributed by atoms with E-state index in [1.165, 1.54) is 10.8 Å². The Balaban J connectivity index is 1.66. The molecule has 35 heavy (non-hydrogen) atoms. The SMILES string of the molecule is CN(C)C(C)(C)c1ccoc1-c1ccc(-c2nc3ccccc3c(=O)n2-c2ccc(Cl)cn2)cc1. The van der Waals surface area contributed by atoms with Crippen LogP contribution in [0.2, 0.25) is 5.02 Å². The fraction of sp³-hybridized carbons (Fsp3) is 0.179. The summed E-state index contributed by atoms with van der Waals surface area (Å²) in [5.41, 5.74) is 3.06. The molecule has 0 N–H and O–H groups in total. The van der Waals surface area contributed by atoms with Crippen LogP contribution in [0.4, 0.5) is 0 Å². The first-order valence-corrected chi connectivity index (χ1v) is 11.6. The molecule has 0 aliphatic rings. The van der Waals surface area contributed by atoms with Gasteiger partial charge in [0.25, 0.3) is 5.56 Å². The van der Waals surface area contributed by atoms with Gasteiger partial charge < -0.3 is 9.32 Å². The highest BCUT2D eigenvalue weighted by atomic mass is 35.5. The molecule has 0 atom stereocenters. The van der Waals surface area contributed by atoms with Gasteiger partial charge in [-0.3, -0.25) is 4.79 Å². The lowest BCUT2D eigenvalue weighted by Crippen LogP contribution is -2.35. The maximum Gasteiger partial charge on any atom is 0.267 e. The first-order chi connectivity index (χ1) is 16.8. The summed E-state index contributed by atoms with van der Waals surface area (Å²) in [6, 6.07) is 20.6. The molecule has 0 amide bonds. The zero-order valence-corrected chi connectivity index (χ0v) is 20.7. The number of benzene rings is 2. The summed E-state index contributed by atoms with van der Waals surface area (Å²) >= 11 is 6.04. The lowest BCUT2D eigenvalue weighted by molar-refractivity contribution is 0.197. The number of rotatable bonds is 5. The highest BCUT2D eigenvalue weighted by molar-refractivity contribution is 6.30. The molecule has 5 rings (SSSR count). The van der Waals surface area contributed by atoms with Crippen LogP contribution in [0.5, 0.6) is 0 Å². The lowest BCUT2D eigenvalue weighted by atomic mass is 9.91. The number of para-hydroxylation sites is 1. The average Bonchev–Trinajstić information content (AvgIpc) is 3.36. The Morgan fingerprint density at radius 2 is 1.66 bits per heavy atom. The number of halogens is 1. The van der Waals surface area contributed by atoms with Gasteiger partial charge in [-0.05, 0) is 58.3 Å². The van der Waals surface area contributed by atoms with Gasteiger partial charge in [-0.25, -0.2) is 14.5 Å². The summed E-state index contributed by atoms with van der Waals surface area (Å²) in [4.78, 5) is 24.9. The predicted molar refractivity (Wildman–Crippen MR) is 140 cm³/mol. The molecule has 7 heteroatoms. The van der Waals surface area contributed by atoms with Gasteiger partial charge in [0.1, 0.15) is 17.4 Å².